The van der Waals surface area contributed by atoms with E-state index in [0.29, 0.717) is 22.2 Å². The Kier molecular flexibility index (Phi) is 6.30. The molecule has 6 nitrogen and oxygen atoms in total. The number of carbonyl (C=O) groups is 2. The molecule has 0 aromatic heterocycles. The van der Waals surface area contributed by atoms with Crippen LogP contribution in [-0.2, 0) is 0 Å². The number of benzene rings is 1. The van der Waals surface area contributed by atoms with Crippen molar-refractivity contribution in [3.8, 4) is 0 Å². The van der Waals surface area contributed by atoms with E-state index in [1.807, 2.05) is 20.8 Å². The van der Waals surface area contributed by atoms with Gasteiger partial charge in [0.05, 0.1) is 10.6 Å². The summed E-state index contributed by atoms with van der Waals surface area (Å²) in [4.78, 5) is 24.6. The number of carbonyl (C=O) groups excluding carboxylic acids is 2. The van der Waals surface area contributed by atoms with Crippen molar-refractivity contribution in [1.29, 1.82) is 0 Å². The van der Waals surface area contributed by atoms with Crippen molar-refractivity contribution in [3.63, 3.8) is 0 Å². The van der Waals surface area contributed by atoms with E-state index < -0.39 is 0 Å². The van der Waals surface area contributed by atoms with Gasteiger partial charge in [-0.05, 0) is 64.4 Å². The molecular weight excluding hydrogens is 340 g/mol. The average Bonchev–Trinajstić information content (AvgIpc) is 2.49. The number of piperidine rings is 1. The van der Waals surface area contributed by atoms with Crippen LogP contribution in [-0.4, -0.2) is 36.6 Å². The van der Waals surface area contributed by atoms with Crippen LogP contribution >= 0.6 is 11.6 Å². The first-order chi connectivity index (χ1) is 11.7. The van der Waals surface area contributed by atoms with E-state index in [-0.39, 0.29) is 23.5 Å². The number of hydrogen-bond donors (Lipinski definition) is 4. The minimum atomic E-state index is -0.345. The highest BCUT2D eigenvalue weighted by molar-refractivity contribution is 6.34. The van der Waals surface area contributed by atoms with Gasteiger partial charge in [0.25, 0.3) is 5.91 Å². The molecule has 0 saturated carbocycles. The predicted molar refractivity (Wildman–Crippen MR) is 101 cm³/mol. The van der Waals surface area contributed by atoms with E-state index in [1.165, 1.54) is 0 Å². The fraction of sp³-hybridized carbons (Fsp3) is 0.556. The molecule has 2 atom stereocenters. The molecule has 3 amide bonds. The predicted octanol–water partition coefficient (Wildman–Crippen LogP) is 2.99. The summed E-state index contributed by atoms with van der Waals surface area (Å²) in [6, 6.07) is 4.69. The summed E-state index contributed by atoms with van der Waals surface area (Å²) in [7, 11) is 0. The molecule has 2 rings (SSSR count). The van der Waals surface area contributed by atoms with Gasteiger partial charge in [0.15, 0.2) is 0 Å². The van der Waals surface area contributed by atoms with Crippen LogP contribution < -0.4 is 21.3 Å². The fourth-order valence-electron chi connectivity index (χ4n) is 2.75. The highest BCUT2D eigenvalue weighted by atomic mass is 35.5. The number of amides is 3. The zero-order chi connectivity index (χ0) is 18.6. The second-order valence-corrected chi connectivity index (χ2v) is 7.98. The van der Waals surface area contributed by atoms with Crippen LogP contribution in [0.1, 0.15) is 44.5 Å². The van der Waals surface area contributed by atoms with Crippen molar-refractivity contribution in [3.05, 3.63) is 28.8 Å². The highest BCUT2D eigenvalue weighted by Gasteiger charge is 2.24. The van der Waals surface area contributed by atoms with Gasteiger partial charge >= 0.3 is 6.03 Å². The summed E-state index contributed by atoms with van der Waals surface area (Å²) in [5, 5.41) is 12.3. The Labute approximate surface area is 154 Å². The van der Waals surface area contributed by atoms with Crippen LogP contribution in [0.25, 0.3) is 0 Å². The van der Waals surface area contributed by atoms with Gasteiger partial charge in [0.2, 0.25) is 0 Å². The second kappa shape index (κ2) is 8.06. The van der Waals surface area contributed by atoms with Gasteiger partial charge < -0.3 is 21.3 Å². The lowest BCUT2D eigenvalue weighted by molar-refractivity contribution is 0.0914. The summed E-state index contributed by atoms with van der Waals surface area (Å²) < 4.78 is 0. The monoisotopic (exact) mass is 366 g/mol. The minimum Gasteiger partial charge on any atom is -0.349 e. The lowest BCUT2D eigenvalue weighted by Gasteiger charge is -2.30. The molecule has 0 aliphatic carbocycles. The summed E-state index contributed by atoms with van der Waals surface area (Å²) in [6.07, 6.45) is 0.885. The number of nitrogens with one attached hydrogen (secondary N) is 4. The largest absolute Gasteiger partial charge is 0.349 e. The van der Waals surface area contributed by atoms with Crippen molar-refractivity contribution >= 4 is 29.2 Å². The number of rotatable bonds is 3. The maximum Gasteiger partial charge on any atom is 0.319 e. The quantitative estimate of drug-likeness (QED) is 0.663. The summed E-state index contributed by atoms with van der Waals surface area (Å²) >= 11 is 6.19. The third kappa shape index (κ3) is 5.90. The molecule has 1 saturated heterocycles. The first-order valence-corrected chi connectivity index (χ1v) is 8.94. The normalized spacial score (nSPS) is 20.7. The number of anilines is 1. The van der Waals surface area contributed by atoms with Crippen LogP contribution in [0.15, 0.2) is 18.2 Å². The van der Waals surface area contributed by atoms with Crippen molar-refractivity contribution in [1.82, 2.24) is 16.0 Å². The molecule has 0 bridgehead atoms. The topological polar surface area (TPSA) is 82.3 Å². The van der Waals surface area contributed by atoms with Gasteiger partial charge in [-0.1, -0.05) is 18.5 Å². The Hall–Kier alpha value is -1.79. The van der Waals surface area contributed by atoms with Gasteiger partial charge in [-0.2, -0.15) is 0 Å². The minimum absolute atomic E-state index is 0.116. The molecule has 4 N–H and O–H groups in total. The Balaban J connectivity index is 2.07. The first-order valence-electron chi connectivity index (χ1n) is 8.56. The van der Waals surface area contributed by atoms with E-state index >= 15 is 0 Å². The first kappa shape index (κ1) is 19.5. The Bertz CT molecular complexity index is 642. The zero-order valence-electron chi connectivity index (χ0n) is 15.2. The molecule has 1 heterocycles. The van der Waals surface area contributed by atoms with Crippen LogP contribution in [0.4, 0.5) is 10.5 Å². The maximum absolute atomic E-state index is 12.6. The molecule has 25 heavy (non-hydrogen) atoms. The highest BCUT2D eigenvalue weighted by Crippen LogP contribution is 2.22. The molecule has 1 aromatic rings. The number of urea groups is 1. The molecule has 1 aliphatic heterocycles. The lowest BCUT2D eigenvalue weighted by atomic mass is 9.95. The Morgan fingerprint density at radius 3 is 2.64 bits per heavy atom. The molecule has 1 aliphatic rings. The SMILES string of the molecule is CC1CNCCC1NC(=O)c1cc(NC(=O)NC(C)(C)C)ccc1Cl. The van der Waals surface area contributed by atoms with Crippen molar-refractivity contribution in [2.24, 2.45) is 5.92 Å². The van der Waals surface area contributed by atoms with Gasteiger partial charge in [0.1, 0.15) is 0 Å². The molecule has 0 radical (unpaired) electrons. The smallest absolute Gasteiger partial charge is 0.319 e. The molecule has 1 aromatic carbocycles. The van der Waals surface area contributed by atoms with Crippen LogP contribution in [0.5, 0.6) is 0 Å². The van der Waals surface area contributed by atoms with E-state index in [4.69, 9.17) is 11.6 Å². The van der Waals surface area contributed by atoms with E-state index in [1.54, 1.807) is 18.2 Å². The summed E-state index contributed by atoms with van der Waals surface area (Å²) in [6.45, 7) is 9.56. The van der Waals surface area contributed by atoms with Crippen LogP contribution in [0.3, 0.4) is 0 Å². The standard InChI is InChI=1S/C18H27ClN4O2/c1-11-10-20-8-7-15(11)22-16(24)13-9-12(5-6-14(13)19)21-17(25)23-18(2,3)4/h5-6,9,11,15,20H,7-8,10H2,1-4H3,(H,22,24)(H2,21,23,25). The number of hydrogen-bond acceptors (Lipinski definition) is 3. The van der Waals surface area contributed by atoms with E-state index in [0.717, 1.165) is 19.5 Å². The summed E-state index contributed by atoms with van der Waals surface area (Å²) in [5.41, 5.74) is 0.539. The van der Waals surface area contributed by atoms with Crippen LogP contribution in [0, 0.1) is 5.92 Å². The number of halogens is 1. The third-order valence-corrected chi connectivity index (χ3v) is 4.39. The van der Waals surface area contributed by atoms with Crippen molar-refractivity contribution in [2.45, 2.75) is 45.7 Å². The molecular formula is C18H27ClN4O2. The second-order valence-electron chi connectivity index (χ2n) is 7.57. The maximum atomic E-state index is 12.6. The van der Waals surface area contributed by atoms with Crippen LogP contribution in [0.2, 0.25) is 5.02 Å². The van der Waals surface area contributed by atoms with Gasteiger partial charge in [-0.25, -0.2) is 4.79 Å². The lowest BCUT2D eigenvalue weighted by Crippen LogP contribution is -2.48. The third-order valence-electron chi connectivity index (χ3n) is 4.06. The van der Waals surface area contributed by atoms with Crippen molar-refractivity contribution < 1.29 is 9.59 Å². The summed E-state index contributed by atoms with van der Waals surface area (Å²) in [5.74, 6) is 0.138. The molecule has 0 spiro atoms. The molecule has 2 unspecified atom stereocenters. The molecule has 1 fully saturated rings. The Morgan fingerprint density at radius 1 is 1.28 bits per heavy atom. The van der Waals surface area contributed by atoms with Gasteiger partial charge in [-0.3, -0.25) is 4.79 Å². The molecule has 7 heteroatoms. The van der Waals surface area contributed by atoms with E-state index in [9.17, 15) is 9.59 Å². The average molecular weight is 367 g/mol. The molecule has 138 valence electrons. The van der Waals surface area contributed by atoms with Crippen molar-refractivity contribution in [2.75, 3.05) is 18.4 Å². The zero-order valence-corrected chi connectivity index (χ0v) is 16.0. The Morgan fingerprint density at radius 2 is 2.00 bits per heavy atom. The van der Waals surface area contributed by atoms with Gasteiger partial charge in [-0.15, -0.1) is 0 Å². The van der Waals surface area contributed by atoms with Gasteiger partial charge in [0, 0.05) is 17.3 Å². The van der Waals surface area contributed by atoms with E-state index in [2.05, 4.69) is 28.2 Å². The fourth-order valence-corrected chi connectivity index (χ4v) is 2.96.